The summed E-state index contributed by atoms with van der Waals surface area (Å²) in [5.74, 6) is 0.364. The number of amides is 2. The van der Waals surface area contributed by atoms with E-state index in [2.05, 4.69) is 10.6 Å². The number of benzene rings is 3. The van der Waals surface area contributed by atoms with Gasteiger partial charge in [-0.05, 0) is 36.8 Å². The Balaban J connectivity index is 1.64. The number of para-hydroxylation sites is 3. The Bertz CT molecular complexity index is 1000. The third kappa shape index (κ3) is 5.38. The fourth-order valence-corrected chi connectivity index (χ4v) is 2.96. The van der Waals surface area contributed by atoms with Crippen molar-refractivity contribution in [3.8, 4) is 11.5 Å². The number of ether oxygens (including phenoxy) is 2. The van der Waals surface area contributed by atoms with Gasteiger partial charge in [-0.3, -0.25) is 9.59 Å². The van der Waals surface area contributed by atoms with Crippen molar-refractivity contribution in [2.45, 2.75) is 13.0 Å². The highest BCUT2D eigenvalue weighted by molar-refractivity contribution is 6.04. The lowest BCUT2D eigenvalue weighted by molar-refractivity contribution is -0.118. The maximum absolute atomic E-state index is 12.8. The number of carbonyl (C=O) groups excluding carboxylic acids is 2. The highest BCUT2D eigenvalue weighted by atomic mass is 16.5. The molecule has 3 aromatic carbocycles. The van der Waals surface area contributed by atoms with Gasteiger partial charge in [-0.2, -0.15) is 0 Å². The van der Waals surface area contributed by atoms with Crippen LogP contribution in [0.4, 0.5) is 5.69 Å². The van der Waals surface area contributed by atoms with Gasteiger partial charge in [-0.25, -0.2) is 0 Å². The van der Waals surface area contributed by atoms with Gasteiger partial charge in [-0.1, -0.05) is 54.6 Å². The zero-order valence-corrected chi connectivity index (χ0v) is 16.9. The minimum Gasteiger partial charge on any atom is -0.493 e. The van der Waals surface area contributed by atoms with E-state index in [1.165, 1.54) is 7.11 Å². The molecule has 3 aromatic rings. The van der Waals surface area contributed by atoms with Crippen LogP contribution in [-0.4, -0.2) is 25.5 Å². The lowest BCUT2D eigenvalue weighted by atomic mass is 10.1. The fraction of sp³-hybridized carbons (Fsp3) is 0.167. The van der Waals surface area contributed by atoms with Crippen LogP contribution in [0.2, 0.25) is 0 Å². The fourth-order valence-electron chi connectivity index (χ4n) is 2.96. The molecule has 0 radical (unpaired) electrons. The molecule has 6 nitrogen and oxygen atoms in total. The lowest BCUT2D eigenvalue weighted by Crippen LogP contribution is -2.28. The normalized spacial score (nSPS) is 11.3. The van der Waals surface area contributed by atoms with E-state index < -0.39 is 0 Å². The monoisotopic (exact) mass is 404 g/mol. The molecule has 0 spiro atoms. The average Bonchev–Trinajstić information content (AvgIpc) is 2.78. The molecule has 0 aliphatic rings. The van der Waals surface area contributed by atoms with Crippen LogP contribution in [0.1, 0.15) is 28.9 Å². The Morgan fingerprint density at radius 3 is 2.23 bits per heavy atom. The number of nitrogens with one attached hydrogen (secondary N) is 2. The number of hydrogen-bond acceptors (Lipinski definition) is 4. The predicted octanol–water partition coefficient (Wildman–Crippen LogP) is 4.20. The molecule has 3 rings (SSSR count). The van der Waals surface area contributed by atoms with Crippen LogP contribution in [-0.2, 0) is 4.79 Å². The molecule has 2 N–H and O–H groups in total. The van der Waals surface area contributed by atoms with Crippen molar-refractivity contribution < 1.29 is 19.1 Å². The molecular formula is C24H24N2O4. The summed E-state index contributed by atoms with van der Waals surface area (Å²) in [4.78, 5) is 25.2. The van der Waals surface area contributed by atoms with Gasteiger partial charge in [-0.15, -0.1) is 0 Å². The van der Waals surface area contributed by atoms with E-state index in [0.717, 1.165) is 5.56 Å². The second-order valence-electron chi connectivity index (χ2n) is 6.64. The molecule has 0 aromatic heterocycles. The summed E-state index contributed by atoms with van der Waals surface area (Å²) in [5, 5.41) is 5.71. The quantitative estimate of drug-likeness (QED) is 0.590. The second-order valence-corrected chi connectivity index (χ2v) is 6.64. The molecule has 154 valence electrons. The third-order valence-corrected chi connectivity index (χ3v) is 4.52. The predicted molar refractivity (Wildman–Crippen MR) is 116 cm³/mol. The SMILES string of the molecule is COc1ccccc1OCC(=O)Nc1ccccc1C(=O)NC(C)c1ccccc1. The molecule has 0 saturated carbocycles. The summed E-state index contributed by atoms with van der Waals surface area (Å²) in [7, 11) is 1.54. The number of anilines is 1. The van der Waals surface area contributed by atoms with Crippen LogP contribution in [0.15, 0.2) is 78.9 Å². The summed E-state index contributed by atoms with van der Waals surface area (Å²) < 4.78 is 10.8. The summed E-state index contributed by atoms with van der Waals surface area (Å²) in [6.45, 7) is 1.70. The largest absolute Gasteiger partial charge is 0.493 e. The summed E-state index contributed by atoms with van der Waals surface area (Å²) in [5.41, 5.74) is 1.80. The molecule has 0 bridgehead atoms. The zero-order chi connectivity index (χ0) is 21.3. The van der Waals surface area contributed by atoms with Crippen LogP contribution in [0.3, 0.4) is 0 Å². The van der Waals surface area contributed by atoms with E-state index in [4.69, 9.17) is 9.47 Å². The van der Waals surface area contributed by atoms with Crippen molar-refractivity contribution >= 4 is 17.5 Å². The molecule has 0 aliphatic carbocycles. The van der Waals surface area contributed by atoms with Crippen LogP contribution in [0.5, 0.6) is 11.5 Å². The Morgan fingerprint density at radius 2 is 1.50 bits per heavy atom. The van der Waals surface area contributed by atoms with E-state index in [1.54, 1.807) is 42.5 Å². The first-order valence-electron chi connectivity index (χ1n) is 9.59. The molecule has 1 atom stereocenters. The first-order chi connectivity index (χ1) is 14.6. The Morgan fingerprint density at radius 1 is 0.867 bits per heavy atom. The Hall–Kier alpha value is -3.80. The molecule has 0 fully saturated rings. The van der Waals surface area contributed by atoms with E-state index in [1.807, 2.05) is 43.3 Å². The Labute approximate surface area is 175 Å². The molecule has 2 amide bonds. The highest BCUT2D eigenvalue weighted by Crippen LogP contribution is 2.25. The van der Waals surface area contributed by atoms with Crippen molar-refractivity contribution in [3.05, 3.63) is 90.0 Å². The molecule has 30 heavy (non-hydrogen) atoms. The third-order valence-electron chi connectivity index (χ3n) is 4.52. The molecule has 1 unspecified atom stereocenters. The molecule has 0 heterocycles. The van der Waals surface area contributed by atoms with Crippen molar-refractivity contribution in [2.75, 3.05) is 19.0 Å². The van der Waals surface area contributed by atoms with Crippen LogP contribution >= 0.6 is 0 Å². The highest BCUT2D eigenvalue weighted by Gasteiger charge is 2.16. The topological polar surface area (TPSA) is 76.7 Å². The smallest absolute Gasteiger partial charge is 0.262 e. The van der Waals surface area contributed by atoms with Gasteiger partial charge in [0.1, 0.15) is 0 Å². The average molecular weight is 404 g/mol. The van der Waals surface area contributed by atoms with Gasteiger partial charge in [0, 0.05) is 0 Å². The first-order valence-corrected chi connectivity index (χ1v) is 9.59. The van der Waals surface area contributed by atoms with E-state index in [-0.39, 0.29) is 24.5 Å². The second kappa shape index (κ2) is 10.1. The molecule has 6 heteroatoms. The van der Waals surface area contributed by atoms with Crippen molar-refractivity contribution in [1.29, 1.82) is 0 Å². The zero-order valence-electron chi connectivity index (χ0n) is 16.9. The van der Waals surface area contributed by atoms with Crippen LogP contribution < -0.4 is 20.1 Å². The summed E-state index contributed by atoms with van der Waals surface area (Å²) >= 11 is 0. The van der Waals surface area contributed by atoms with Crippen molar-refractivity contribution in [1.82, 2.24) is 5.32 Å². The van der Waals surface area contributed by atoms with Gasteiger partial charge in [0.25, 0.3) is 11.8 Å². The number of methoxy groups -OCH3 is 1. The summed E-state index contributed by atoms with van der Waals surface area (Å²) in [6, 6.07) is 23.5. The van der Waals surface area contributed by atoms with Gasteiger partial charge >= 0.3 is 0 Å². The van der Waals surface area contributed by atoms with Gasteiger partial charge in [0.15, 0.2) is 18.1 Å². The van der Waals surface area contributed by atoms with Gasteiger partial charge in [0.2, 0.25) is 0 Å². The lowest BCUT2D eigenvalue weighted by Gasteiger charge is -2.16. The summed E-state index contributed by atoms with van der Waals surface area (Å²) in [6.07, 6.45) is 0. The molecule has 0 saturated heterocycles. The molecule has 0 aliphatic heterocycles. The minimum absolute atomic E-state index is 0.170. The number of carbonyl (C=O) groups is 2. The van der Waals surface area contributed by atoms with Crippen molar-refractivity contribution in [3.63, 3.8) is 0 Å². The maximum atomic E-state index is 12.8. The molecular weight excluding hydrogens is 380 g/mol. The van der Waals surface area contributed by atoms with E-state index >= 15 is 0 Å². The van der Waals surface area contributed by atoms with E-state index in [0.29, 0.717) is 22.7 Å². The maximum Gasteiger partial charge on any atom is 0.262 e. The van der Waals surface area contributed by atoms with E-state index in [9.17, 15) is 9.59 Å². The Kier molecular flexibility index (Phi) is 7.05. The van der Waals surface area contributed by atoms with Crippen LogP contribution in [0, 0.1) is 0 Å². The van der Waals surface area contributed by atoms with Crippen molar-refractivity contribution in [2.24, 2.45) is 0 Å². The van der Waals surface area contributed by atoms with Gasteiger partial charge < -0.3 is 20.1 Å². The minimum atomic E-state index is -0.378. The number of hydrogen-bond donors (Lipinski definition) is 2. The standard InChI is InChI=1S/C24H24N2O4/c1-17(18-10-4-3-5-11-18)25-24(28)19-12-6-7-13-20(19)26-23(27)16-30-22-15-9-8-14-21(22)29-2/h3-15,17H,16H2,1-2H3,(H,25,28)(H,26,27). The first kappa shape index (κ1) is 20.9. The van der Waals surface area contributed by atoms with Crippen LogP contribution in [0.25, 0.3) is 0 Å². The number of rotatable bonds is 8. The van der Waals surface area contributed by atoms with Gasteiger partial charge in [0.05, 0.1) is 24.4 Å².